The van der Waals surface area contributed by atoms with Crippen molar-refractivity contribution in [2.24, 2.45) is 0 Å². The van der Waals surface area contributed by atoms with E-state index in [1.54, 1.807) is 30.5 Å². The Morgan fingerprint density at radius 1 is 1.41 bits per heavy atom. The summed E-state index contributed by atoms with van der Waals surface area (Å²) in [4.78, 5) is 16.4. The van der Waals surface area contributed by atoms with E-state index in [1.807, 2.05) is 5.38 Å². The number of anilines is 1. The maximum atomic E-state index is 11.5. The average Bonchev–Trinajstić information content (AvgIpc) is 2.81. The molecule has 2 aromatic rings. The summed E-state index contributed by atoms with van der Waals surface area (Å²) in [6, 6.07) is 6.75. The smallest absolute Gasteiger partial charge is 0.236 e. The first kappa shape index (κ1) is 11.9. The van der Waals surface area contributed by atoms with Crippen LogP contribution >= 0.6 is 23.1 Å². The SMILES string of the molecule is O=C(CSc1ccc(O)cc1)Nc1nccs1. The Morgan fingerprint density at radius 3 is 2.82 bits per heavy atom. The van der Waals surface area contributed by atoms with Gasteiger partial charge in [-0.25, -0.2) is 4.98 Å². The number of hydrogen-bond donors (Lipinski definition) is 2. The van der Waals surface area contributed by atoms with E-state index in [0.717, 1.165) is 4.90 Å². The molecular weight excluding hydrogens is 256 g/mol. The lowest BCUT2D eigenvalue weighted by molar-refractivity contribution is -0.113. The van der Waals surface area contributed by atoms with Crippen molar-refractivity contribution < 1.29 is 9.90 Å². The minimum Gasteiger partial charge on any atom is -0.508 e. The number of benzene rings is 1. The van der Waals surface area contributed by atoms with Crippen molar-refractivity contribution in [3.05, 3.63) is 35.8 Å². The van der Waals surface area contributed by atoms with E-state index in [2.05, 4.69) is 10.3 Å². The predicted molar refractivity (Wildman–Crippen MR) is 69.6 cm³/mol. The van der Waals surface area contributed by atoms with E-state index in [-0.39, 0.29) is 11.7 Å². The third-order valence-electron chi connectivity index (χ3n) is 1.89. The zero-order valence-corrected chi connectivity index (χ0v) is 10.4. The van der Waals surface area contributed by atoms with Gasteiger partial charge in [0.05, 0.1) is 5.75 Å². The third kappa shape index (κ3) is 3.76. The van der Waals surface area contributed by atoms with Crippen LogP contribution in [-0.2, 0) is 4.79 Å². The molecule has 0 fully saturated rings. The Balaban J connectivity index is 1.82. The third-order valence-corrected chi connectivity index (χ3v) is 3.59. The Bertz CT molecular complexity index is 483. The summed E-state index contributed by atoms with van der Waals surface area (Å²) in [5.41, 5.74) is 0. The molecule has 0 saturated heterocycles. The average molecular weight is 266 g/mol. The molecule has 1 aromatic heterocycles. The Labute approximate surface area is 107 Å². The number of carbonyl (C=O) groups excluding carboxylic acids is 1. The molecule has 0 atom stereocenters. The minimum absolute atomic E-state index is 0.0852. The molecule has 1 heterocycles. The number of thiazole rings is 1. The van der Waals surface area contributed by atoms with Gasteiger partial charge in [-0.15, -0.1) is 23.1 Å². The van der Waals surface area contributed by atoms with Gasteiger partial charge in [0.15, 0.2) is 5.13 Å². The van der Waals surface area contributed by atoms with Gasteiger partial charge in [0.25, 0.3) is 0 Å². The zero-order chi connectivity index (χ0) is 12.1. The number of thioether (sulfide) groups is 1. The van der Waals surface area contributed by atoms with Gasteiger partial charge in [-0.1, -0.05) is 0 Å². The van der Waals surface area contributed by atoms with Gasteiger partial charge in [0, 0.05) is 16.5 Å². The van der Waals surface area contributed by atoms with E-state index < -0.39 is 0 Å². The highest BCUT2D eigenvalue weighted by Crippen LogP contribution is 2.21. The van der Waals surface area contributed by atoms with Gasteiger partial charge in [-0.3, -0.25) is 4.79 Å². The standard InChI is InChI=1S/C11H10N2O2S2/c14-8-1-3-9(4-2-8)17-7-10(15)13-11-12-5-6-16-11/h1-6,14H,7H2,(H,12,13,15). The number of nitrogens with one attached hydrogen (secondary N) is 1. The highest BCUT2D eigenvalue weighted by Gasteiger charge is 2.04. The molecule has 2 N–H and O–H groups in total. The number of hydrogen-bond acceptors (Lipinski definition) is 5. The molecule has 88 valence electrons. The first-order valence-corrected chi connectivity index (χ1v) is 6.72. The van der Waals surface area contributed by atoms with Crippen molar-refractivity contribution in [3.63, 3.8) is 0 Å². The van der Waals surface area contributed by atoms with Gasteiger partial charge in [0.1, 0.15) is 5.75 Å². The predicted octanol–water partition coefficient (Wildman–Crippen LogP) is 2.58. The highest BCUT2D eigenvalue weighted by atomic mass is 32.2. The maximum absolute atomic E-state index is 11.5. The first-order chi connectivity index (χ1) is 8.24. The summed E-state index contributed by atoms with van der Waals surface area (Å²) in [7, 11) is 0. The molecule has 0 spiro atoms. The molecule has 0 unspecified atom stereocenters. The quantitative estimate of drug-likeness (QED) is 0.835. The molecule has 0 aliphatic carbocycles. The zero-order valence-electron chi connectivity index (χ0n) is 8.79. The van der Waals surface area contributed by atoms with Crippen molar-refractivity contribution in [1.82, 2.24) is 4.98 Å². The summed E-state index contributed by atoms with van der Waals surface area (Å²) < 4.78 is 0. The van der Waals surface area contributed by atoms with E-state index in [4.69, 9.17) is 5.11 Å². The van der Waals surface area contributed by atoms with Crippen LogP contribution in [0.15, 0.2) is 40.7 Å². The van der Waals surface area contributed by atoms with Crippen LogP contribution in [0.1, 0.15) is 0 Å². The van der Waals surface area contributed by atoms with Gasteiger partial charge < -0.3 is 10.4 Å². The number of phenols is 1. The van der Waals surface area contributed by atoms with Gasteiger partial charge in [0.2, 0.25) is 5.91 Å². The van der Waals surface area contributed by atoms with Crippen molar-refractivity contribution >= 4 is 34.1 Å². The maximum Gasteiger partial charge on any atom is 0.236 e. The molecule has 6 heteroatoms. The van der Waals surface area contributed by atoms with Crippen LogP contribution in [0.4, 0.5) is 5.13 Å². The molecule has 1 amide bonds. The van der Waals surface area contributed by atoms with E-state index in [9.17, 15) is 4.79 Å². The van der Waals surface area contributed by atoms with Crippen LogP contribution in [0.5, 0.6) is 5.75 Å². The number of carbonyl (C=O) groups is 1. The molecule has 0 bridgehead atoms. The number of aromatic nitrogens is 1. The second-order valence-corrected chi connectivity index (χ2v) is 5.11. The fraction of sp³-hybridized carbons (Fsp3) is 0.0909. The van der Waals surface area contributed by atoms with E-state index in [0.29, 0.717) is 10.9 Å². The molecule has 17 heavy (non-hydrogen) atoms. The molecule has 0 radical (unpaired) electrons. The second kappa shape index (κ2) is 5.70. The molecule has 0 saturated carbocycles. The topological polar surface area (TPSA) is 62.2 Å². The summed E-state index contributed by atoms with van der Waals surface area (Å²) in [5.74, 6) is 0.462. The van der Waals surface area contributed by atoms with Crippen molar-refractivity contribution in [3.8, 4) is 5.75 Å². The summed E-state index contributed by atoms with van der Waals surface area (Å²) in [6.07, 6.45) is 1.65. The summed E-state index contributed by atoms with van der Waals surface area (Å²) in [6.45, 7) is 0. The van der Waals surface area contributed by atoms with Crippen LogP contribution in [0.3, 0.4) is 0 Å². The largest absolute Gasteiger partial charge is 0.508 e. The molecule has 0 aliphatic heterocycles. The first-order valence-electron chi connectivity index (χ1n) is 4.85. The van der Waals surface area contributed by atoms with Gasteiger partial charge in [-0.05, 0) is 24.3 Å². The monoisotopic (exact) mass is 266 g/mol. The van der Waals surface area contributed by atoms with Gasteiger partial charge in [-0.2, -0.15) is 0 Å². The van der Waals surface area contributed by atoms with Crippen LogP contribution in [0.2, 0.25) is 0 Å². The second-order valence-electron chi connectivity index (χ2n) is 3.17. The molecule has 4 nitrogen and oxygen atoms in total. The molecule has 0 aliphatic rings. The lowest BCUT2D eigenvalue weighted by Crippen LogP contribution is -2.13. The fourth-order valence-corrected chi connectivity index (χ4v) is 2.38. The summed E-state index contributed by atoms with van der Waals surface area (Å²) in [5, 5.41) is 14.2. The van der Waals surface area contributed by atoms with Crippen LogP contribution in [0, 0.1) is 0 Å². The number of phenolic OH excluding ortho intramolecular Hbond substituents is 1. The number of nitrogens with zero attached hydrogens (tertiary/aromatic N) is 1. The lowest BCUT2D eigenvalue weighted by atomic mass is 10.3. The highest BCUT2D eigenvalue weighted by molar-refractivity contribution is 8.00. The number of aromatic hydroxyl groups is 1. The fourth-order valence-electron chi connectivity index (χ4n) is 1.13. The normalized spacial score (nSPS) is 10.1. The van der Waals surface area contributed by atoms with Crippen molar-refractivity contribution in [1.29, 1.82) is 0 Å². The van der Waals surface area contributed by atoms with E-state index in [1.165, 1.54) is 23.1 Å². The van der Waals surface area contributed by atoms with Crippen LogP contribution < -0.4 is 5.32 Å². The number of amides is 1. The lowest BCUT2D eigenvalue weighted by Gasteiger charge is -2.02. The molecule has 1 aromatic carbocycles. The Hall–Kier alpha value is -1.53. The molecular formula is C11H10N2O2S2. The van der Waals surface area contributed by atoms with Crippen molar-refractivity contribution in [2.75, 3.05) is 11.1 Å². The number of rotatable bonds is 4. The molecule has 2 rings (SSSR count). The van der Waals surface area contributed by atoms with Crippen molar-refractivity contribution in [2.45, 2.75) is 4.90 Å². The van der Waals surface area contributed by atoms with Crippen LogP contribution in [-0.4, -0.2) is 21.8 Å². The summed E-state index contributed by atoms with van der Waals surface area (Å²) >= 11 is 2.80. The van der Waals surface area contributed by atoms with E-state index >= 15 is 0 Å². The Morgan fingerprint density at radius 2 is 2.18 bits per heavy atom. The van der Waals surface area contributed by atoms with Gasteiger partial charge >= 0.3 is 0 Å². The Kier molecular flexibility index (Phi) is 4.00. The minimum atomic E-state index is -0.0852. The van der Waals surface area contributed by atoms with Crippen LogP contribution in [0.25, 0.3) is 0 Å².